The summed E-state index contributed by atoms with van der Waals surface area (Å²) in [7, 11) is 1.36. The molecule has 0 saturated heterocycles. The van der Waals surface area contributed by atoms with Crippen LogP contribution in [0.2, 0.25) is 10.0 Å². The Labute approximate surface area is 215 Å². The maximum atomic E-state index is 12.8. The molecule has 0 spiro atoms. The van der Waals surface area contributed by atoms with Gasteiger partial charge in [0.1, 0.15) is 5.00 Å². The molecular weight excluding hydrogens is 515 g/mol. The summed E-state index contributed by atoms with van der Waals surface area (Å²) in [5, 5.41) is 13.4. The smallest absolute Gasteiger partial charge is 0.341 e. The fourth-order valence-electron chi connectivity index (χ4n) is 3.80. The van der Waals surface area contributed by atoms with E-state index in [-0.39, 0.29) is 11.7 Å². The normalized spacial score (nSPS) is 12.8. The molecule has 1 aliphatic carbocycles. The van der Waals surface area contributed by atoms with Crippen LogP contribution in [0.3, 0.4) is 0 Å². The highest BCUT2D eigenvalue weighted by molar-refractivity contribution is 7.99. The van der Waals surface area contributed by atoms with Crippen molar-refractivity contribution in [1.29, 1.82) is 0 Å². The minimum atomic E-state index is -0.417. The van der Waals surface area contributed by atoms with Crippen molar-refractivity contribution in [2.75, 3.05) is 18.2 Å². The number of aryl methyl sites for hydroxylation is 1. The van der Waals surface area contributed by atoms with Gasteiger partial charge in [0.05, 0.1) is 28.5 Å². The van der Waals surface area contributed by atoms with Gasteiger partial charge >= 0.3 is 5.97 Å². The van der Waals surface area contributed by atoms with E-state index >= 15 is 0 Å². The topological polar surface area (TPSA) is 86.1 Å². The van der Waals surface area contributed by atoms with E-state index in [9.17, 15) is 9.59 Å². The first-order chi connectivity index (χ1) is 16.4. The Kier molecular flexibility index (Phi) is 7.98. The number of aromatic nitrogens is 3. The summed E-state index contributed by atoms with van der Waals surface area (Å²) in [5.41, 5.74) is 2.24. The van der Waals surface area contributed by atoms with Gasteiger partial charge < -0.3 is 10.1 Å². The van der Waals surface area contributed by atoms with Crippen molar-refractivity contribution in [3.8, 4) is 11.4 Å². The zero-order chi connectivity index (χ0) is 24.2. The summed E-state index contributed by atoms with van der Waals surface area (Å²) in [6.45, 7) is 4.26. The number of esters is 1. The number of carbonyl (C=O) groups excluding carboxylic acids is 2. The van der Waals surface area contributed by atoms with E-state index in [0.29, 0.717) is 38.1 Å². The molecule has 178 valence electrons. The molecule has 1 aromatic carbocycles. The summed E-state index contributed by atoms with van der Waals surface area (Å²) >= 11 is 14.9. The number of benzene rings is 1. The Morgan fingerprint density at radius 1 is 1.26 bits per heavy atom. The first-order valence-corrected chi connectivity index (χ1v) is 13.1. The average molecular weight is 537 g/mol. The first kappa shape index (κ1) is 24.8. The van der Waals surface area contributed by atoms with Crippen molar-refractivity contribution < 1.29 is 14.3 Å². The van der Waals surface area contributed by atoms with Crippen molar-refractivity contribution in [3.63, 3.8) is 0 Å². The number of halogens is 2. The Balaban J connectivity index is 1.51. The average Bonchev–Trinajstić information content (AvgIpc) is 3.40. The zero-order valence-electron chi connectivity index (χ0n) is 18.4. The Hall–Kier alpha value is -2.33. The number of fused-ring (bicyclic) bond motifs is 1. The molecule has 2 aromatic heterocycles. The number of nitrogens with zero attached hydrogens (tertiary/aromatic N) is 3. The summed E-state index contributed by atoms with van der Waals surface area (Å²) in [6, 6.07) is 5.24. The largest absolute Gasteiger partial charge is 0.465 e. The van der Waals surface area contributed by atoms with Crippen LogP contribution in [0.4, 0.5) is 5.00 Å². The lowest BCUT2D eigenvalue weighted by molar-refractivity contribution is -0.113. The van der Waals surface area contributed by atoms with Crippen molar-refractivity contribution >= 4 is 63.2 Å². The predicted molar refractivity (Wildman–Crippen MR) is 137 cm³/mol. The van der Waals surface area contributed by atoms with Gasteiger partial charge in [-0.25, -0.2) is 4.79 Å². The second kappa shape index (κ2) is 10.9. The molecule has 0 saturated carbocycles. The van der Waals surface area contributed by atoms with Crippen LogP contribution in [0.15, 0.2) is 36.0 Å². The van der Waals surface area contributed by atoms with Crippen LogP contribution in [-0.2, 0) is 28.9 Å². The molecule has 0 fully saturated rings. The summed E-state index contributed by atoms with van der Waals surface area (Å²) < 4.78 is 6.83. The molecule has 7 nitrogen and oxygen atoms in total. The molecule has 3 aromatic rings. The molecule has 0 aliphatic heterocycles. The lowest BCUT2D eigenvalue weighted by atomic mass is 9.95. The van der Waals surface area contributed by atoms with Crippen LogP contribution in [0.1, 0.15) is 33.6 Å². The fraction of sp³-hybridized carbons (Fsp3) is 0.304. The van der Waals surface area contributed by atoms with E-state index in [4.69, 9.17) is 27.9 Å². The van der Waals surface area contributed by atoms with Crippen LogP contribution >= 0.6 is 46.3 Å². The Morgan fingerprint density at radius 2 is 2.06 bits per heavy atom. The molecule has 0 bridgehead atoms. The number of hydrogen-bond acceptors (Lipinski definition) is 7. The molecule has 34 heavy (non-hydrogen) atoms. The summed E-state index contributed by atoms with van der Waals surface area (Å²) in [5.74, 6) is 0.0393. The Bertz CT molecular complexity index is 1260. The van der Waals surface area contributed by atoms with E-state index < -0.39 is 5.97 Å². The van der Waals surface area contributed by atoms with E-state index in [0.717, 1.165) is 41.7 Å². The fourth-order valence-corrected chi connectivity index (χ4v) is 6.14. The van der Waals surface area contributed by atoms with Gasteiger partial charge in [-0.05, 0) is 49.4 Å². The minimum absolute atomic E-state index is 0.0971. The lowest BCUT2D eigenvalue weighted by Crippen LogP contribution is -2.17. The monoisotopic (exact) mass is 536 g/mol. The van der Waals surface area contributed by atoms with Crippen LogP contribution in [-0.4, -0.2) is 39.5 Å². The SMILES string of the molecule is C=CCn1c(SCC(=O)Nc2sc3c(c2C(=O)OC)CCCC3)nnc1-c1ccc(Cl)c(Cl)c1. The van der Waals surface area contributed by atoms with E-state index in [1.54, 1.807) is 18.2 Å². The number of carbonyl (C=O) groups is 2. The molecule has 1 N–H and O–H groups in total. The predicted octanol–water partition coefficient (Wildman–Crippen LogP) is 5.90. The van der Waals surface area contributed by atoms with E-state index in [1.165, 1.54) is 30.2 Å². The number of anilines is 1. The number of thiophene rings is 1. The zero-order valence-corrected chi connectivity index (χ0v) is 21.5. The van der Waals surface area contributed by atoms with Crippen molar-refractivity contribution in [1.82, 2.24) is 14.8 Å². The minimum Gasteiger partial charge on any atom is -0.465 e. The van der Waals surface area contributed by atoms with Gasteiger partial charge in [-0.1, -0.05) is 41.0 Å². The number of hydrogen-bond donors (Lipinski definition) is 1. The molecule has 4 rings (SSSR count). The number of rotatable bonds is 8. The number of ether oxygens (including phenoxy) is 1. The van der Waals surface area contributed by atoms with Gasteiger partial charge in [0.2, 0.25) is 5.91 Å². The molecule has 0 atom stereocenters. The summed E-state index contributed by atoms with van der Waals surface area (Å²) in [6.07, 6.45) is 5.57. The number of thioether (sulfide) groups is 1. The highest BCUT2D eigenvalue weighted by Crippen LogP contribution is 2.38. The Morgan fingerprint density at radius 3 is 2.79 bits per heavy atom. The number of methoxy groups -OCH3 is 1. The lowest BCUT2D eigenvalue weighted by Gasteiger charge is -2.11. The summed E-state index contributed by atoms with van der Waals surface area (Å²) in [4.78, 5) is 26.4. The molecule has 0 radical (unpaired) electrons. The number of amides is 1. The van der Waals surface area contributed by atoms with Gasteiger partial charge in [0, 0.05) is 17.0 Å². The molecular formula is C23H22Cl2N4O3S2. The van der Waals surface area contributed by atoms with Crippen LogP contribution in [0.25, 0.3) is 11.4 Å². The molecule has 1 aliphatic rings. The van der Waals surface area contributed by atoms with Crippen LogP contribution < -0.4 is 5.32 Å². The van der Waals surface area contributed by atoms with Gasteiger partial charge in [0.15, 0.2) is 11.0 Å². The quantitative estimate of drug-likeness (QED) is 0.219. The molecule has 2 heterocycles. The van der Waals surface area contributed by atoms with Crippen LogP contribution in [0.5, 0.6) is 0 Å². The molecule has 0 unspecified atom stereocenters. The third-order valence-electron chi connectivity index (χ3n) is 5.35. The highest BCUT2D eigenvalue weighted by Gasteiger charge is 2.27. The van der Waals surface area contributed by atoms with Gasteiger partial charge in [-0.3, -0.25) is 9.36 Å². The molecule has 1 amide bonds. The number of nitrogens with one attached hydrogen (secondary N) is 1. The van der Waals surface area contributed by atoms with E-state index in [1.807, 2.05) is 10.6 Å². The van der Waals surface area contributed by atoms with Gasteiger partial charge in [-0.2, -0.15) is 0 Å². The molecule has 11 heteroatoms. The van der Waals surface area contributed by atoms with E-state index in [2.05, 4.69) is 22.1 Å². The number of allylic oxidation sites excluding steroid dienone is 1. The van der Waals surface area contributed by atoms with Crippen molar-refractivity contribution in [3.05, 3.63) is 56.9 Å². The third kappa shape index (κ3) is 5.17. The standard InChI is InChI=1S/C23H22Cl2N4O3S2/c1-3-10-29-20(13-8-9-15(24)16(25)11-13)27-28-23(29)33-12-18(30)26-21-19(22(31)32-2)14-6-4-5-7-17(14)34-21/h3,8-9,11H,1,4-7,10,12H2,2H3,(H,26,30). The highest BCUT2D eigenvalue weighted by atomic mass is 35.5. The van der Waals surface area contributed by atoms with Crippen LogP contribution in [0, 0.1) is 0 Å². The first-order valence-electron chi connectivity index (χ1n) is 10.6. The van der Waals surface area contributed by atoms with Gasteiger partial charge in [0.25, 0.3) is 0 Å². The third-order valence-corrected chi connectivity index (χ3v) is 8.27. The second-order valence-corrected chi connectivity index (χ2v) is 10.4. The van der Waals surface area contributed by atoms with Crippen molar-refractivity contribution in [2.24, 2.45) is 0 Å². The second-order valence-electron chi connectivity index (χ2n) is 7.58. The van der Waals surface area contributed by atoms with Gasteiger partial charge in [-0.15, -0.1) is 28.1 Å². The maximum absolute atomic E-state index is 12.8. The maximum Gasteiger partial charge on any atom is 0.341 e. The van der Waals surface area contributed by atoms with Crippen molar-refractivity contribution in [2.45, 2.75) is 37.4 Å².